The summed E-state index contributed by atoms with van der Waals surface area (Å²) in [5, 5.41) is 0. The third-order valence-corrected chi connectivity index (χ3v) is 11.2. The summed E-state index contributed by atoms with van der Waals surface area (Å²) >= 11 is 4.72. The molecule has 8 aromatic rings. The zero-order valence-electron chi connectivity index (χ0n) is 31.3. The van der Waals surface area contributed by atoms with Crippen LogP contribution in [0.2, 0.25) is 0 Å². The summed E-state index contributed by atoms with van der Waals surface area (Å²) in [5.41, 5.74) is 26.3. The van der Waals surface area contributed by atoms with Crippen molar-refractivity contribution in [3.63, 3.8) is 0 Å². The van der Waals surface area contributed by atoms with E-state index < -0.39 is 0 Å². The number of fused-ring (bicyclic) bond motifs is 3. The van der Waals surface area contributed by atoms with Crippen molar-refractivity contribution in [1.29, 1.82) is 0 Å². The summed E-state index contributed by atoms with van der Waals surface area (Å²) in [6.07, 6.45) is 3.01. The maximum Gasteiger partial charge on any atom is 0.0178 e. The minimum Gasteiger partial charge on any atom is -0.326 e. The van der Waals surface area contributed by atoms with E-state index in [2.05, 4.69) is 159 Å². The fraction of sp³-hybridized carbons (Fsp3) is 0.0943. The number of benzene rings is 8. The van der Waals surface area contributed by atoms with Crippen LogP contribution < -0.4 is 5.73 Å². The van der Waals surface area contributed by atoms with E-state index in [1.54, 1.807) is 0 Å². The van der Waals surface area contributed by atoms with E-state index in [0.29, 0.717) is 6.54 Å². The second-order valence-electron chi connectivity index (χ2n) is 14.3. The topological polar surface area (TPSA) is 26.0 Å². The van der Waals surface area contributed by atoms with E-state index in [1.807, 2.05) is 36.4 Å². The third kappa shape index (κ3) is 7.98. The van der Waals surface area contributed by atoms with Gasteiger partial charge in [-0.15, -0.1) is 12.6 Å². The highest BCUT2D eigenvalue weighted by Gasteiger charge is 2.25. The Hall–Kier alpha value is -5.93. The lowest BCUT2D eigenvalue weighted by molar-refractivity contribution is 0.961. The predicted octanol–water partition coefficient (Wildman–Crippen LogP) is 13.5. The lowest BCUT2D eigenvalue weighted by atomic mass is 9.88. The molecule has 0 unspecified atom stereocenters. The van der Waals surface area contributed by atoms with E-state index in [0.717, 1.165) is 29.7 Å². The van der Waals surface area contributed by atoms with E-state index in [9.17, 15) is 0 Å². The lowest BCUT2D eigenvalue weighted by Gasteiger charge is -2.16. The van der Waals surface area contributed by atoms with E-state index in [4.69, 9.17) is 18.4 Å². The first-order valence-corrected chi connectivity index (χ1v) is 19.6. The van der Waals surface area contributed by atoms with Crippen molar-refractivity contribution < 1.29 is 0 Å². The summed E-state index contributed by atoms with van der Waals surface area (Å²) in [4.78, 5) is 0.994. The molecule has 0 aromatic heterocycles. The molecule has 0 aliphatic heterocycles. The Morgan fingerprint density at radius 3 is 1.64 bits per heavy atom. The summed E-state index contributed by atoms with van der Waals surface area (Å²) < 4.78 is 0. The van der Waals surface area contributed by atoms with Gasteiger partial charge in [-0.3, -0.25) is 0 Å². The molecule has 0 saturated heterocycles. The highest BCUT2D eigenvalue weighted by atomic mass is 32.1. The molecule has 2 heteroatoms. The molecule has 0 bridgehead atoms. The second-order valence-corrected chi connectivity index (χ2v) is 14.8. The van der Waals surface area contributed by atoms with Crippen LogP contribution in [-0.2, 0) is 25.8 Å². The number of thiol groups is 1. The Bertz CT molecular complexity index is 2540. The normalized spacial score (nSPS) is 11.3. The Balaban J connectivity index is 0.000000477. The van der Waals surface area contributed by atoms with Crippen LogP contribution >= 0.6 is 12.6 Å². The zero-order chi connectivity index (χ0) is 37.6. The molecule has 1 aliphatic carbocycles. The van der Waals surface area contributed by atoms with E-state index in [-0.39, 0.29) is 0 Å². The number of nitrogens with two attached hydrogens (primary N) is 1. The number of rotatable bonds is 8. The molecule has 0 atom stereocenters. The molecule has 0 amide bonds. The first kappa shape index (κ1) is 36.1. The van der Waals surface area contributed by atoms with Gasteiger partial charge < -0.3 is 5.73 Å². The molecule has 55 heavy (non-hydrogen) atoms. The summed E-state index contributed by atoms with van der Waals surface area (Å²) in [6, 6.07) is 67.7. The smallest absolute Gasteiger partial charge is 0.0178 e. The second kappa shape index (κ2) is 16.6. The maximum absolute atomic E-state index is 5.35. The Kier molecular flexibility index (Phi) is 10.9. The van der Waals surface area contributed by atoms with Gasteiger partial charge in [-0.05, 0) is 133 Å². The van der Waals surface area contributed by atoms with Crippen molar-refractivity contribution in [3.05, 3.63) is 221 Å². The molecule has 1 aliphatic rings. The molecule has 0 radical (unpaired) electrons. The van der Waals surface area contributed by atoms with Crippen LogP contribution in [-0.4, -0.2) is 0 Å². The van der Waals surface area contributed by atoms with Crippen molar-refractivity contribution in [2.75, 3.05) is 0 Å². The van der Waals surface area contributed by atoms with E-state index in [1.165, 1.54) is 83.5 Å². The van der Waals surface area contributed by atoms with Gasteiger partial charge >= 0.3 is 0 Å². The molecular formula is C53H45NS. The Morgan fingerprint density at radius 1 is 0.455 bits per heavy atom. The third-order valence-electron chi connectivity index (χ3n) is 10.8. The number of hydrogen-bond acceptors (Lipinski definition) is 2. The van der Waals surface area contributed by atoms with Crippen molar-refractivity contribution in [3.8, 4) is 55.6 Å². The molecular weight excluding hydrogens is 683 g/mol. The highest BCUT2D eigenvalue weighted by Crippen LogP contribution is 2.46. The van der Waals surface area contributed by atoms with Crippen molar-refractivity contribution in [2.45, 2.75) is 37.6 Å². The van der Waals surface area contributed by atoms with Crippen molar-refractivity contribution in [2.24, 2.45) is 5.73 Å². The predicted molar refractivity (Wildman–Crippen MR) is 237 cm³/mol. The maximum atomic E-state index is 5.35. The SMILES string of the molecule is Cc1ccccc1-c1ccc(-c2cc(-c3ccc(-c4ccccc4S)cc3)cc3c2Cc2cccc(CCc4ccccc4)c2-3)cc1.NCc1ccccc1. The Labute approximate surface area is 331 Å². The van der Waals surface area contributed by atoms with E-state index >= 15 is 0 Å². The highest BCUT2D eigenvalue weighted by molar-refractivity contribution is 7.80. The Morgan fingerprint density at radius 2 is 1.00 bits per heavy atom. The van der Waals surface area contributed by atoms with Crippen molar-refractivity contribution >= 4 is 12.6 Å². The minimum absolute atomic E-state index is 0.640. The van der Waals surface area contributed by atoms with Gasteiger partial charge in [0.2, 0.25) is 0 Å². The van der Waals surface area contributed by atoms with Gasteiger partial charge in [0.05, 0.1) is 0 Å². The zero-order valence-corrected chi connectivity index (χ0v) is 32.1. The van der Waals surface area contributed by atoms with Gasteiger partial charge in [0.1, 0.15) is 0 Å². The monoisotopic (exact) mass is 727 g/mol. The van der Waals surface area contributed by atoms with Gasteiger partial charge in [0.25, 0.3) is 0 Å². The number of aryl methyl sites for hydroxylation is 3. The average Bonchev–Trinajstić information content (AvgIpc) is 3.63. The molecule has 8 aromatic carbocycles. The van der Waals surface area contributed by atoms with Crippen LogP contribution in [0.1, 0.15) is 33.4 Å². The first-order valence-electron chi connectivity index (χ1n) is 19.2. The molecule has 2 N–H and O–H groups in total. The summed E-state index contributed by atoms with van der Waals surface area (Å²) in [6.45, 7) is 2.83. The molecule has 0 fully saturated rings. The summed E-state index contributed by atoms with van der Waals surface area (Å²) in [5.74, 6) is 0. The minimum atomic E-state index is 0.640. The fourth-order valence-electron chi connectivity index (χ4n) is 7.88. The van der Waals surface area contributed by atoms with Gasteiger partial charge in [-0.1, -0.05) is 170 Å². The van der Waals surface area contributed by atoms with Crippen LogP contribution in [0.15, 0.2) is 193 Å². The van der Waals surface area contributed by atoms with Gasteiger partial charge in [-0.25, -0.2) is 0 Å². The average molecular weight is 728 g/mol. The van der Waals surface area contributed by atoms with Gasteiger partial charge in [0.15, 0.2) is 0 Å². The molecule has 9 rings (SSSR count). The molecule has 0 heterocycles. The lowest BCUT2D eigenvalue weighted by Crippen LogP contribution is -1.95. The quantitative estimate of drug-likeness (QED) is 0.150. The van der Waals surface area contributed by atoms with Gasteiger partial charge in [-0.2, -0.15) is 0 Å². The molecule has 268 valence electrons. The van der Waals surface area contributed by atoms with Crippen molar-refractivity contribution in [1.82, 2.24) is 0 Å². The number of hydrogen-bond donors (Lipinski definition) is 2. The van der Waals surface area contributed by atoms with Crippen LogP contribution in [0.4, 0.5) is 0 Å². The van der Waals surface area contributed by atoms with Crippen LogP contribution in [0.5, 0.6) is 0 Å². The van der Waals surface area contributed by atoms with Crippen LogP contribution in [0.3, 0.4) is 0 Å². The largest absolute Gasteiger partial charge is 0.326 e. The van der Waals surface area contributed by atoms with Crippen LogP contribution in [0, 0.1) is 6.92 Å². The molecule has 0 spiro atoms. The standard InChI is InChI=1S/C46H36S.C7H9N/c1-31-10-5-6-15-40(31)34-24-26-36(27-25-34)42-29-39(33-20-22-35(23-21-33)41-16-7-8-17-45(41)47)30-44-43(42)28-38-14-9-13-37(46(38)44)19-18-32-11-3-2-4-12-32;8-6-7-4-2-1-3-5-7/h2-17,20-27,29-30,47H,18-19,28H2,1H3;1-5H,6,8H2. The van der Waals surface area contributed by atoms with Gasteiger partial charge in [0, 0.05) is 11.4 Å². The summed E-state index contributed by atoms with van der Waals surface area (Å²) in [7, 11) is 0. The van der Waals surface area contributed by atoms with Crippen LogP contribution in [0.25, 0.3) is 55.6 Å². The first-order chi connectivity index (χ1) is 27.1. The fourth-order valence-corrected chi connectivity index (χ4v) is 8.17. The molecule has 0 saturated carbocycles. The molecule has 1 nitrogen and oxygen atoms in total.